The van der Waals surface area contributed by atoms with Crippen LogP contribution in [0.25, 0.3) is 12.2 Å². The van der Waals surface area contributed by atoms with Crippen molar-refractivity contribution in [3.8, 4) is 5.75 Å². The molecule has 19 heavy (non-hydrogen) atoms. The van der Waals surface area contributed by atoms with E-state index in [0.29, 0.717) is 0 Å². The van der Waals surface area contributed by atoms with Crippen LogP contribution in [0.3, 0.4) is 0 Å². The minimum atomic E-state index is -0.423. The van der Waals surface area contributed by atoms with Crippen LogP contribution in [0.2, 0.25) is 0 Å². The Bertz CT molecular complexity index is 577. The molecule has 0 spiro atoms. The van der Waals surface area contributed by atoms with E-state index in [1.165, 1.54) is 12.1 Å². The summed E-state index contributed by atoms with van der Waals surface area (Å²) in [6.07, 6.45) is 3.73. The van der Waals surface area contributed by atoms with E-state index in [1.54, 1.807) is 36.4 Å². The van der Waals surface area contributed by atoms with Crippen molar-refractivity contribution in [1.82, 2.24) is 0 Å². The van der Waals surface area contributed by atoms with E-state index in [4.69, 9.17) is 5.11 Å². The van der Waals surface area contributed by atoms with E-state index >= 15 is 0 Å². The Kier molecular flexibility index (Phi) is 6.40. The first-order valence-corrected chi connectivity index (χ1v) is 5.37. The molecule has 1 radical (unpaired) electrons. The van der Waals surface area contributed by atoms with E-state index in [2.05, 4.69) is 0 Å². The van der Waals surface area contributed by atoms with Crippen molar-refractivity contribution in [1.29, 1.82) is 0 Å². The predicted molar refractivity (Wildman–Crippen MR) is 75.9 cm³/mol. The molecule has 0 saturated heterocycles. The normalized spacial score (nSPS) is 10.1. The second-order valence-corrected chi connectivity index (χ2v) is 3.77. The van der Waals surface area contributed by atoms with Crippen molar-refractivity contribution in [2.45, 2.75) is 0 Å². The number of nitrogens with zero attached hydrogens (tertiary/aromatic N) is 1. The van der Waals surface area contributed by atoms with Crippen LogP contribution in [0.1, 0.15) is 11.1 Å². The molecule has 2 rings (SSSR count). The van der Waals surface area contributed by atoms with Crippen LogP contribution < -0.4 is 0 Å². The van der Waals surface area contributed by atoms with Crippen LogP contribution in [0.15, 0.2) is 48.5 Å². The van der Waals surface area contributed by atoms with Gasteiger partial charge in [0.1, 0.15) is 5.75 Å². The van der Waals surface area contributed by atoms with Gasteiger partial charge >= 0.3 is 0 Å². The number of rotatable bonds is 3. The van der Waals surface area contributed by atoms with Gasteiger partial charge in [-0.2, -0.15) is 0 Å². The maximum Gasteiger partial charge on any atom is 0.269 e. The zero-order valence-corrected chi connectivity index (χ0v) is 13.6. The molecule has 0 amide bonds. The molecule has 0 unspecified atom stereocenters. The Balaban J connectivity index is 0.00000180. The number of hydrogen-bond acceptors (Lipinski definition) is 3. The Hall–Kier alpha value is -0.984. The van der Waals surface area contributed by atoms with Crippen LogP contribution in [0.4, 0.5) is 5.69 Å². The average Bonchev–Trinajstić information content (AvgIpc) is 2.38. The molecule has 1 N–H and O–H groups in total. The molecule has 5 heteroatoms. The standard InChI is InChI=1S/C14H11NO3.K/c16-14-9-5-12(6-10-14)2-1-11-3-7-13(8-4-11)15(17)18;/h1-10,16H;. The second kappa shape index (κ2) is 7.57. The molecular formula is C14H11KNO3. The van der Waals surface area contributed by atoms with Gasteiger partial charge in [-0.05, 0) is 35.4 Å². The van der Waals surface area contributed by atoms with Gasteiger partial charge in [-0.3, -0.25) is 10.1 Å². The first-order chi connectivity index (χ1) is 8.65. The van der Waals surface area contributed by atoms with Gasteiger partial charge in [0.2, 0.25) is 0 Å². The number of phenols is 1. The Morgan fingerprint density at radius 3 is 1.74 bits per heavy atom. The van der Waals surface area contributed by atoms with E-state index in [-0.39, 0.29) is 62.8 Å². The topological polar surface area (TPSA) is 63.4 Å². The van der Waals surface area contributed by atoms with Gasteiger partial charge < -0.3 is 5.11 Å². The van der Waals surface area contributed by atoms with Gasteiger partial charge in [0.25, 0.3) is 5.69 Å². The molecule has 0 aromatic heterocycles. The van der Waals surface area contributed by atoms with Crippen LogP contribution in [-0.4, -0.2) is 61.4 Å². The van der Waals surface area contributed by atoms with Crippen LogP contribution >= 0.6 is 0 Å². The Labute approximate surface area is 153 Å². The quantitative estimate of drug-likeness (QED) is 0.407. The Morgan fingerprint density at radius 1 is 0.895 bits per heavy atom. The molecule has 0 bridgehead atoms. The smallest absolute Gasteiger partial charge is 0.269 e. The number of hydrogen-bond donors (Lipinski definition) is 1. The van der Waals surface area contributed by atoms with Crippen molar-refractivity contribution in [2.75, 3.05) is 0 Å². The largest absolute Gasteiger partial charge is 0.508 e. The number of nitro benzene ring substituents is 1. The van der Waals surface area contributed by atoms with Gasteiger partial charge in [-0.25, -0.2) is 0 Å². The summed E-state index contributed by atoms with van der Waals surface area (Å²) in [5.41, 5.74) is 1.91. The summed E-state index contributed by atoms with van der Waals surface area (Å²) in [4.78, 5) is 10.1. The molecular weight excluding hydrogens is 269 g/mol. The molecule has 0 aliphatic heterocycles. The van der Waals surface area contributed by atoms with Crippen molar-refractivity contribution in [2.24, 2.45) is 0 Å². The number of nitro groups is 1. The first-order valence-electron chi connectivity index (χ1n) is 5.37. The van der Waals surface area contributed by atoms with Gasteiger partial charge in [-0.15, -0.1) is 0 Å². The molecule has 2 aromatic rings. The fourth-order valence-electron chi connectivity index (χ4n) is 1.49. The minimum absolute atomic E-state index is 0. The van der Waals surface area contributed by atoms with Crippen LogP contribution in [-0.2, 0) is 0 Å². The van der Waals surface area contributed by atoms with E-state index in [0.717, 1.165) is 11.1 Å². The summed E-state index contributed by atoms with van der Waals surface area (Å²) in [5, 5.41) is 19.6. The zero-order valence-electron chi connectivity index (χ0n) is 10.5. The van der Waals surface area contributed by atoms with Gasteiger partial charge in [0.15, 0.2) is 0 Å². The second-order valence-electron chi connectivity index (χ2n) is 3.77. The molecule has 0 heterocycles. The summed E-state index contributed by atoms with van der Waals surface area (Å²) in [6, 6.07) is 13.1. The number of aromatic hydroxyl groups is 1. The van der Waals surface area contributed by atoms with E-state index in [9.17, 15) is 10.1 Å². The molecule has 0 aliphatic carbocycles. The SMILES string of the molecule is O=[N+]([O-])c1ccc(C=Cc2ccc(O)cc2)cc1.[K]. The summed E-state index contributed by atoms with van der Waals surface area (Å²) < 4.78 is 0. The third-order valence-corrected chi connectivity index (χ3v) is 2.47. The maximum atomic E-state index is 10.5. The summed E-state index contributed by atoms with van der Waals surface area (Å²) in [6.45, 7) is 0. The van der Waals surface area contributed by atoms with Crippen molar-refractivity contribution in [3.63, 3.8) is 0 Å². The molecule has 4 nitrogen and oxygen atoms in total. The monoisotopic (exact) mass is 280 g/mol. The average molecular weight is 280 g/mol. The van der Waals surface area contributed by atoms with Crippen molar-refractivity contribution in [3.05, 3.63) is 69.8 Å². The predicted octanol–water partition coefficient (Wildman–Crippen LogP) is 3.09. The van der Waals surface area contributed by atoms with Gasteiger partial charge in [-0.1, -0.05) is 24.3 Å². The van der Waals surface area contributed by atoms with Crippen molar-refractivity contribution < 1.29 is 10.0 Å². The number of phenolic OH excluding ortho intramolecular Hbond substituents is 1. The third-order valence-electron chi connectivity index (χ3n) is 2.47. The third kappa shape index (κ3) is 4.89. The Morgan fingerprint density at radius 2 is 1.32 bits per heavy atom. The molecule has 2 aromatic carbocycles. The molecule has 91 valence electrons. The van der Waals surface area contributed by atoms with Gasteiger partial charge in [0, 0.05) is 63.5 Å². The van der Waals surface area contributed by atoms with E-state index < -0.39 is 4.92 Å². The first kappa shape index (κ1) is 16.1. The fourth-order valence-corrected chi connectivity index (χ4v) is 1.49. The summed E-state index contributed by atoms with van der Waals surface area (Å²) in [5.74, 6) is 0.225. The molecule has 0 fully saturated rings. The molecule has 0 aliphatic rings. The summed E-state index contributed by atoms with van der Waals surface area (Å²) in [7, 11) is 0. The fraction of sp³-hybridized carbons (Fsp3) is 0. The van der Waals surface area contributed by atoms with Crippen LogP contribution in [0.5, 0.6) is 5.75 Å². The minimum Gasteiger partial charge on any atom is -0.508 e. The van der Waals surface area contributed by atoms with Crippen LogP contribution in [0, 0.1) is 10.1 Å². The number of non-ortho nitro benzene ring substituents is 1. The molecule has 0 atom stereocenters. The maximum absolute atomic E-state index is 10.5. The van der Waals surface area contributed by atoms with Crippen molar-refractivity contribution >= 4 is 69.2 Å². The summed E-state index contributed by atoms with van der Waals surface area (Å²) >= 11 is 0. The zero-order chi connectivity index (χ0) is 13.0. The molecule has 0 saturated carbocycles. The van der Waals surface area contributed by atoms with Gasteiger partial charge in [0.05, 0.1) is 4.92 Å². The number of benzene rings is 2. The van der Waals surface area contributed by atoms with E-state index in [1.807, 2.05) is 12.2 Å².